The van der Waals surface area contributed by atoms with Crippen LogP contribution in [0.1, 0.15) is 0 Å². The topological polar surface area (TPSA) is 30.9 Å². The molecule has 0 bridgehead atoms. The van der Waals surface area contributed by atoms with Gasteiger partial charge in [0.05, 0.1) is 11.0 Å². The summed E-state index contributed by atoms with van der Waals surface area (Å²) in [7, 11) is 0. The van der Waals surface area contributed by atoms with E-state index in [9.17, 15) is 0 Å². The van der Waals surface area contributed by atoms with Gasteiger partial charge in [0.1, 0.15) is 0 Å². The van der Waals surface area contributed by atoms with Crippen LogP contribution in [-0.2, 0) is 0 Å². The van der Waals surface area contributed by atoms with E-state index < -0.39 is 0 Å². The second kappa shape index (κ2) is 9.10. The Balaban J connectivity index is 1.49. The first-order chi connectivity index (χ1) is 18.8. The van der Waals surface area contributed by atoms with E-state index in [1.807, 2.05) is 12.1 Å². The Labute approximate surface area is 222 Å². The molecule has 2 heteroatoms. The maximum Gasteiger partial charge on any atom is 0.0541 e. The minimum Gasteiger partial charge on any atom is -0.398 e. The second-order valence-corrected chi connectivity index (χ2v) is 9.64. The SMILES string of the molecule is Nc1c(-c2ccccc2)cc(-c2ccc3c(c2)c2ccccc2n3-c2ccccc2)cc1-c1ccccc1. The van der Waals surface area contributed by atoms with Crippen LogP contribution >= 0.6 is 0 Å². The maximum atomic E-state index is 6.82. The number of fused-ring (bicyclic) bond motifs is 3. The largest absolute Gasteiger partial charge is 0.398 e. The van der Waals surface area contributed by atoms with Crippen LogP contribution in [0, 0.1) is 0 Å². The molecular formula is C36H26N2. The molecule has 38 heavy (non-hydrogen) atoms. The highest BCUT2D eigenvalue weighted by Gasteiger charge is 2.16. The number of benzene rings is 6. The molecule has 0 atom stereocenters. The summed E-state index contributed by atoms with van der Waals surface area (Å²) < 4.78 is 2.35. The molecule has 7 aromatic rings. The summed E-state index contributed by atoms with van der Waals surface area (Å²) >= 11 is 0. The molecule has 2 N–H and O–H groups in total. The van der Waals surface area contributed by atoms with Gasteiger partial charge in [0.2, 0.25) is 0 Å². The Morgan fingerprint density at radius 1 is 0.395 bits per heavy atom. The predicted octanol–water partition coefficient (Wildman–Crippen LogP) is 9.37. The van der Waals surface area contributed by atoms with Crippen LogP contribution in [0.3, 0.4) is 0 Å². The number of anilines is 1. The second-order valence-electron chi connectivity index (χ2n) is 9.64. The van der Waals surface area contributed by atoms with Crippen LogP contribution < -0.4 is 5.73 Å². The number of nitrogens with two attached hydrogens (primary N) is 1. The number of hydrogen-bond donors (Lipinski definition) is 1. The molecule has 2 nitrogen and oxygen atoms in total. The normalized spacial score (nSPS) is 11.3. The van der Waals surface area contributed by atoms with E-state index in [4.69, 9.17) is 5.73 Å². The Morgan fingerprint density at radius 2 is 0.921 bits per heavy atom. The van der Waals surface area contributed by atoms with Gasteiger partial charge in [0.25, 0.3) is 0 Å². The average Bonchev–Trinajstić information content (AvgIpc) is 3.32. The number of rotatable bonds is 4. The predicted molar refractivity (Wildman–Crippen MR) is 162 cm³/mol. The minimum absolute atomic E-state index is 0.799. The van der Waals surface area contributed by atoms with Crippen molar-refractivity contribution in [2.75, 3.05) is 5.73 Å². The van der Waals surface area contributed by atoms with Crippen molar-refractivity contribution in [3.8, 4) is 39.1 Å². The van der Waals surface area contributed by atoms with Crippen molar-refractivity contribution in [3.63, 3.8) is 0 Å². The van der Waals surface area contributed by atoms with Gasteiger partial charge in [0, 0.05) is 33.3 Å². The Morgan fingerprint density at radius 3 is 1.55 bits per heavy atom. The van der Waals surface area contributed by atoms with Crippen molar-refractivity contribution < 1.29 is 0 Å². The molecule has 0 amide bonds. The van der Waals surface area contributed by atoms with Crippen LogP contribution in [0.4, 0.5) is 5.69 Å². The van der Waals surface area contributed by atoms with Crippen molar-refractivity contribution in [3.05, 3.63) is 146 Å². The van der Waals surface area contributed by atoms with E-state index in [-0.39, 0.29) is 0 Å². The summed E-state index contributed by atoms with van der Waals surface area (Å²) in [4.78, 5) is 0. The fraction of sp³-hybridized carbons (Fsp3) is 0. The first kappa shape index (κ1) is 22.1. The van der Waals surface area contributed by atoms with Gasteiger partial charge in [-0.25, -0.2) is 0 Å². The smallest absolute Gasteiger partial charge is 0.0541 e. The summed E-state index contributed by atoms with van der Waals surface area (Å²) in [6.07, 6.45) is 0. The summed E-state index contributed by atoms with van der Waals surface area (Å²) in [6, 6.07) is 51.3. The zero-order chi connectivity index (χ0) is 25.5. The van der Waals surface area contributed by atoms with Gasteiger partial charge in [-0.05, 0) is 64.7 Å². The highest BCUT2D eigenvalue weighted by molar-refractivity contribution is 6.10. The molecule has 6 aromatic carbocycles. The van der Waals surface area contributed by atoms with E-state index in [1.54, 1.807) is 0 Å². The molecule has 0 fully saturated rings. The molecule has 1 aromatic heterocycles. The molecule has 0 aliphatic heterocycles. The zero-order valence-corrected chi connectivity index (χ0v) is 20.9. The van der Waals surface area contributed by atoms with E-state index >= 15 is 0 Å². The van der Waals surface area contributed by atoms with Crippen molar-refractivity contribution >= 4 is 27.5 Å². The first-order valence-electron chi connectivity index (χ1n) is 12.9. The maximum absolute atomic E-state index is 6.82. The molecule has 7 rings (SSSR count). The van der Waals surface area contributed by atoms with Gasteiger partial charge < -0.3 is 10.3 Å². The summed E-state index contributed by atoms with van der Waals surface area (Å²) in [5.74, 6) is 0. The Hall–Kier alpha value is -5.08. The highest BCUT2D eigenvalue weighted by Crippen LogP contribution is 2.41. The molecule has 0 aliphatic rings. The standard InChI is InChI=1S/C36H26N2/c37-36-31(25-12-4-1-5-13-25)23-28(24-32(36)26-14-6-2-7-15-26)27-20-21-35-33(22-27)30-18-10-11-19-34(30)38(35)29-16-8-3-9-17-29/h1-24H,37H2. The molecule has 1 heterocycles. The molecule has 0 saturated carbocycles. The van der Waals surface area contributed by atoms with Crippen LogP contribution in [-0.4, -0.2) is 4.57 Å². The number of nitrogen functional groups attached to an aromatic ring is 1. The van der Waals surface area contributed by atoms with Gasteiger partial charge in [-0.2, -0.15) is 0 Å². The third kappa shape index (κ3) is 3.66. The molecule has 180 valence electrons. The number of hydrogen-bond acceptors (Lipinski definition) is 1. The quantitative estimate of drug-likeness (QED) is 0.247. The van der Waals surface area contributed by atoms with Gasteiger partial charge >= 0.3 is 0 Å². The minimum atomic E-state index is 0.799. The third-order valence-electron chi connectivity index (χ3n) is 7.37. The highest BCUT2D eigenvalue weighted by atomic mass is 15.0. The van der Waals surface area contributed by atoms with Crippen molar-refractivity contribution in [1.82, 2.24) is 4.57 Å². The van der Waals surface area contributed by atoms with Crippen LogP contribution in [0.15, 0.2) is 146 Å². The lowest BCUT2D eigenvalue weighted by Crippen LogP contribution is -1.96. The average molecular weight is 487 g/mol. The van der Waals surface area contributed by atoms with Gasteiger partial charge in [0.15, 0.2) is 0 Å². The molecule has 0 radical (unpaired) electrons. The summed E-state index contributed by atoms with van der Waals surface area (Å²) in [6.45, 7) is 0. The number of aromatic nitrogens is 1. The van der Waals surface area contributed by atoms with Gasteiger partial charge in [-0.15, -0.1) is 0 Å². The molecule has 0 unspecified atom stereocenters. The van der Waals surface area contributed by atoms with Crippen LogP contribution in [0.2, 0.25) is 0 Å². The number of nitrogens with zero attached hydrogens (tertiary/aromatic N) is 1. The van der Waals surface area contributed by atoms with E-state index in [0.29, 0.717) is 0 Å². The molecule has 0 spiro atoms. The Bertz CT molecular complexity index is 1840. The van der Waals surface area contributed by atoms with Crippen molar-refractivity contribution in [2.45, 2.75) is 0 Å². The zero-order valence-electron chi connectivity index (χ0n) is 20.9. The lowest BCUT2D eigenvalue weighted by molar-refractivity contribution is 1.18. The fourth-order valence-electron chi connectivity index (χ4n) is 5.54. The van der Waals surface area contributed by atoms with Crippen molar-refractivity contribution in [1.29, 1.82) is 0 Å². The lowest BCUT2D eigenvalue weighted by Gasteiger charge is -2.16. The summed E-state index contributed by atoms with van der Waals surface area (Å²) in [5, 5.41) is 2.48. The van der Waals surface area contributed by atoms with Crippen LogP contribution in [0.25, 0.3) is 60.9 Å². The van der Waals surface area contributed by atoms with E-state index in [1.165, 1.54) is 27.4 Å². The molecule has 0 saturated heterocycles. The number of para-hydroxylation sites is 2. The lowest BCUT2D eigenvalue weighted by atomic mass is 9.91. The van der Waals surface area contributed by atoms with Crippen molar-refractivity contribution in [2.24, 2.45) is 0 Å². The third-order valence-corrected chi connectivity index (χ3v) is 7.37. The summed E-state index contributed by atoms with van der Waals surface area (Å²) in [5.41, 5.74) is 17.8. The molecular weight excluding hydrogens is 460 g/mol. The van der Waals surface area contributed by atoms with E-state index in [2.05, 4.69) is 138 Å². The molecule has 0 aliphatic carbocycles. The van der Waals surface area contributed by atoms with Gasteiger partial charge in [-0.1, -0.05) is 103 Å². The fourth-order valence-corrected chi connectivity index (χ4v) is 5.54. The van der Waals surface area contributed by atoms with Gasteiger partial charge in [-0.3, -0.25) is 0 Å². The monoisotopic (exact) mass is 486 g/mol. The van der Waals surface area contributed by atoms with Crippen LogP contribution in [0.5, 0.6) is 0 Å². The first-order valence-corrected chi connectivity index (χ1v) is 12.9. The van der Waals surface area contributed by atoms with E-state index in [0.717, 1.165) is 39.2 Å². The Kier molecular flexibility index (Phi) is 5.30.